The molecule has 0 amide bonds. The van der Waals surface area contributed by atoms with E-state index in [9.17, 15) is 8.42 Å². The third-order valence-corrected chi connectivity index (χ3v) is 6.80. The molecule has 2 heterocycles. The van der Waals surface area contributed by atoms with Crippen molar-refractivity contribution in [2.24, 2.45) is 5.92 Å². The topological polar surface area (TPSA) is 58.6 Å². The van der Waals surface area contributed by atoms with Gasteiger partial charge in [0.05, 0.1) is 12.0 Å². The first-order valence-corrected chi connectivity index (χ1v) is 10.9. The summed E-state index contributed by atoms with van der Waals surface area (Å²) in [7, 11) is -1.89. The summed E-state index contributed by atoms with van der Waals surface area (Å²) in [4.78, 5) is 2.72. The number of hydrogen-bond acceptors (Lipinski definition) is 5. The second-order valence-electron chi connectivity index (χ2n) is 6.38. The Kier molecular flexibility index (Phi) is 6.11. The van der Waals surface area contributed by atoms with Gasteiger partial charge < -0.3 is 4.74 Å². The molecule has 1 aliphatic heterocycles. The van der Waals surface area contributed by atoms with Crippen molar-refractivity contribution in [1.82, 2.24) is 9.62 Å². The lowest BCUT2D eigenvalue weighted by Gasteiger charge is -2.31. The highest BCUT2D eigenvalue weighted by Crippen LogP contribution is 2.20. The average Bonchev–Trinajstić information content (AvgIpc) is 3.14. The summed E-state index contributed by atoms with van der Waals surface area (Å²) in [5.74, 6) is 1.05. The lowest BCUT2D eigenvalue weighted by molar-refractivity contribution is 0.179. The van der Waals surface area contributed by atoms with Crippen LogP contribution >= 0.6 is 11.3 Å². The van der Waals surface area contributed by atoms with Crippen LogP contribution in [-0.2, 0) is 16.6 Å². The van der Waals surface area contributed by atoms with E-state index in [0.29, 0.717) is 18.2 Å². The van der Waals surface area contributed by atoms with E-state index in [1.165, 1.54) is 5.56 Å². The minimum Gasteiger partial charge on any atom is -0.497 e. The number of rotatable bonds is 7. The molecule has 1 aromatic carbocycles. The van der Waals surface area contributed by atoms with Crippen LogP contribution in [0.2, 0.25) is 0 Å². The van der Waals surface area contributed by atoms with Gasteiger partial charge in [0.15, 0.2) is 0 Å². The summed E-state index contributed by atoms with van der Waals surface area (Å²) in [5, 5.41) is 4.30. The van der Waals surface area contributed by atoms with Crippen LogP contribution in [0.25, 0.3) is 0 Å². The SMILES string of the molecule is COc1ccc(S(=O)(=O)NCC2CCN(Cc3ccsc3)CC2)cc1. The van der Waals surface area contributed by atoms with E-state index < -0.39 is 10.0 Å². The minimum atomic E-state index is -3.46. The number of nitrogens with one attached hydrogen (secondary N) is 1. The molecule has 5 nitrogen and oxygen atoms in total. The number of likely N-dealkylation sites (tertiary alicyclic amines) is 1. The largest absolute Gasteiger partial charge is 0.497 e. The van der Waals surface area contributed by atoms with E-state index in [-0.39, 0.29) is 4.90 Å². The Morgan fingerprint density at radius 3 is 2.52 bits per heavy atom. The lowest BCUT2D eigenvalue weighted by atomic mass is 9.97. The number of piperidine rings is 1. The molecule has 1 aromatic heterocycles. The first-order chi connectivity index (χ1) is 12.1. The second kappa shape index (κ2) is 8.31. The highest BCUT2D eigenvalue weighted by atomic mass is 32.2. The number of benzene rings is 1. The molecule has 1 saturated heterocycles. The van der Waals surface area contributed by atoms with Crippen molar-refractivity contribution in [1.29, 1.82) is 0 Å². The van der Waals surface area contributed by atoms with Gasteiger partial charge in [-0.3, -0.25) is 4.90 Å². The number of hydrogen-bond donors (Lipinski definition) is 1. The van der Waals surface area contributed by atoms with Crippen molar-refractivity contribution in [2.75, 3.05) is 26.7 Å². The number of nitrogens with zero attached hydrogens (tertiary/aromatic N) is 1. The number of thiophene rings is 1. The fourth-order valence-electron chi connectivity index (χ4n) is 3.06. The monoisotopic (exact) mass is 380 g/mol. The maximum absolute atomic E-state index is 12.4. The molecule has 0 aliphatic carbocycles. The zero-order valence-corrected chi connectivity index (χ0v) is 16.0. The van der Waals surface area contributed by atoms with Gasteiger partial charge in [0, 0.05) is 13.1 Å². The molecule has 3 rings (SSSR count). The normalized spacial score (nSPS) is 16.8. The fraction of sp³-hybridized carbons (Fsp3) is 0.444. The maximum Gasteiger partial charge on any atom is 0.240 e. The van der Waals surface area contributed by atoms with Gasteiger partial charge in [-0.2, -0.15) is 11.3 Å². The van der Waals surface area contributed by atoms with Gasteiger partial charge in [0.25, 0.3) is 0 Å². The van der Waals surface area contributed by atoms with E-state index in [2.05, 4.69) is 26.4 Å². The summed E-state index contributed by atoms with van der Waals surface area (Å²) in [6, 6.07) is 8.64. The van der Waals surface area contributed by atoms with Crippen LogP contribution in [0.1, 0.15) is 18.4 Å². The Balaban J connectivity index is 1.47. The van der Waals surface area contributed by atoms with Gasteiger partial charge in [-0.05, 0) is 78.5 Å². The molecule has 1 fully saturated rings. The predicted octanol–water partition coefficient (Wildman–Crippen LogP) is 2.95. The molecule has 0 bridgehead atoms. The Hall–Kier alpha value is -1.41. The van der Waals surface area contributed by atoms with Gasteiger partial charge in [-0.25, -0.2) is 13.1 Å². The van der Waals surface area contributed by atoms with Gasteiger partial charge in [0.2, 0.25) is 10.0 Å². The van der Waals surface area contributed by atoms with E-state index in [4.69, 9.17) is 4.74 Å². The van der Waals surface area contributed by atoms with Crippen molar-refractivity contribution in [3.05, 3.63) is 46.7 Å². The predicted molar refractivity (Wildman–Crippen MR) is 101 cm³/mol. The molecule has 1 N–H and O–H groups in total. The maximum atomic E-state index is 12.4. The molecular formula is C18H24N2O3S2. The van der Waals surface area contributed by atoms with Crippen molar-refractivity contribution < 1.29 is 13.2 Å². The molecule has 0 spiro atoms. The van der Waals surface area contributed by atoms with E-state index >= 15 is 0 Å². The quantitative estimate of drug-likeness (QED) is 0.802. The van der Waals surface area contributed by atoms with Crippen molar-refractivity contribution >= 4 is 21.4 Å². The molecule has 25 heavy (non-hydrogen) atoms. The number of sulfonamides is 1. The lowest BCUT2D eigenvalue weighted by Crippen LogP contribution is -2.38. The Labute approximate surface area is 153 Å². The highest BCUT2D eigenvalue weighted by Gasteiger charge is 2.22. The summed E-state index contributed by atoms with van der Waals surface area (Å²) in [5.41, 5.74) is 1.36. The third kappa shape index (κ3) is 5.04. The van der Waals surface area contributed by atoms with Gasteiger partial charge in [0.1, 0.15) is 5.75 Å². The zero-order valence-electron chi connectivity index (χ0n) is 14.3. The molecule has 2 aromatic rings. The first-order valence-electron chi connectivity index (χ1n) is 8.44. The van der Waals surface area contributed by atoms with Crippen LogP contribution in [0, 0.1) is 5.92 Å². The van der Waals surface area contributed by atoms with Crippen molar-refractivity contribution in [3.8, 4) is 5.75 Å². The minimum absolute atomic E-state index is 0.281. The Morgan fingerprint density at radius 2 is 1.92 bits per heavy atom. The van der Waals surface area contributed by atoms with Crippen LogP contribution < -0.4 is 9.46 Å². The van der Waals surface area contributed by atoms with E-state index in [1.54, 1.807) is 42.7 Å². The van der Waals surface area contributed by atoms with Gasteiger partial charge >= 0.3 is 0 Å². The fourth-order valence-corrected chi connectivity index (χ4v) is 4.83. The Bertz CT molecular complexity index is 750. The van der Waals surface area contributed by atoms with Crippen LogP contribution in [-0.4, -0.2) is 40.1 Å². The summed E-state index contributed by atoms with van der Waals surface area (Å²) >= 11 is 1.73. The number of methoxy groups -OCH3 is 1. The molecule has 0 radical (unpaired) electrons. The van der Waals surface area contributed by atoms with Crippen molar-refractivity contribution in [2.45, 2.75) is 24.3 Å². The van der Waals surface area contributed by atoms with Crippen LogP contribution in [0.4, 0.5) is 0 Å². The van der Waals surface area contributed by atoms with E-state index in [1.807, 2.05) is 0 Å². The first kappa shape index (κ1) is 18.4. The van der Waals surface area contributed by atoms with Gasteiger partial charge in [-0.15, -0.1) is 0 Å². The summed E-state index contributed by atoms with van der Waals surface area (Å²) in [6.45, 7) is 3.53. The molecule has 0 atom stereocenters. The molecule has 0 saturated carbocycles. The standard InChI is InChI=1S/C18H24N2O3S2/c1-23-17-2-4-18(5-3-17)25(21,22)19-12-15-6-9-20(10-7-15)13-16-8-11-24-14-16/h2-5,8,11,14-15,19H,6-7,9-10,12-13H2,1H3. The zero-order chi connectivity index (χ0) is 17.7. The van der Waals surface area contributed by atoms with Crippen LogP contribution in [0.3, 0.4) is 0 Å². The van der Waals surface area contributed by atoms with Crippen LogP contribution in [0.15, 0.2) is 46.0 Å². The Morgan fingerprint density at radius 1 is 1.20 bits per heavy atom. The summed E-state index contributed by atoms with van der Waals surface area (Å²) in [6.07, 6.45) is 2.05. The van der Waals surface area contributed by atoms with Gasteiger partial charge in [-0.1, -0.05) is 0 Å². The smallest absolute Gasteiger partial charge is 0.240 e. The molecule has 0 unspecified atom stereocenters. The summed E-state index contributed by atoms with van der Waals surface area (Å²) < 4.78 is 32.6. The number of ether oxygens (including phenoxy) is 1. The van der Waals surface area contributed by atoms with E-state index in [0.717, 1.165) is 32.5 Å². The third-order valence-electron chi connectivity index (χ3n) is 4.63. The molecular weight excluding hydrogens is 356 g/mol. The average molecular weight is 381 g/mol. The molecule has 7 heteroatoms. The van der Waals surface area contributed by atoms with Crippen LogP contribution in [0.5, 0.6) is 5.75 Å². The molecule has 1 aliphatic rings. The van der Waals surface area contributed by atoms with Crippen molar-refractivity contribution in [3.63, 3.8) is 0 Å². The highest BCUT2D eigenvalue weighted by molar-refractivity contribution is 7.89. The molecule has 136 valence electrons. The second-order valence-corrected chi connectivity index (χ2v) is 8.93.